The minimum atomic E-state index is -0.00812. The quantitative estimate of drug-likeness (QED) is 0.865. The SMILES string of the molecule is COc1cc(Cl)ccc1C(=O)N1CCN(c2ccccc2)CC1. The molecule has 23 heavy (non-hydrogen) atoms. The first-order valence-corrected chi connectivity index (χ1v) is 7.99. The molecule has 1 aliphatic rings. The fraction of sp³-hybridized carbons (Fsp3) is 0.278. The summed E-state index contributed by atoms with van der Waals surface area (Å²) in [5, 5.41) is 0.562. The number of hydrogen-bond donors (Lipinski definition) is 0. The summed E-state index contributed by atoms with van der Waals surface area (Å²) in [5.41, 5.74) is 1.76. The molecule has 2 aromatic carbocycles. The minimum absolute atomic E-state index is 0.00812. The van der Waals surface area contributed by atoms with E-state index in [1.54, 1.807) is 25.3 Å². The molecule has 0 atom stereocenters. The Bertz CT molecular complexity index is 683. The van der Waals surface area contributed by atoms with E-state index in [1.807, 2.05) is 23.1 Å². The molecule has 1 amide bonds. The van der Waals surface area contributed by atoms with E-state index in [2.05, 4.69) is 17.0 Å². The van der Waals surface area contributed by atoms with Crippen molar-refractivity contribution in [2.24, 2.45) is 0 Å². The first-order chi connectivity index (χ1) is 11.2. The second-order valence-corrected chi connectivity index (χ2v) is 5.90. The smallest absolute Gasteiger partial charge is 0.257 e. The molecule has 0 aliphatic carbocycles. The average molecular weight is 331 g/mol. The number of para-hydroxylation sites is 1. The molecule has 0 aromatic heterocycles. The van der Waals surface area contributed by atoms with Gasteiger partial charge in [0.1, 0.15) is 5.75 Å². The molecule has 2 aromatic rings. The van der Waals surface area contributed by atoms with Gasteiger partial charge in [0.2, 0.25) is 0 Å². The molecule has 120 valence electrons. The lowest BCUT2D eigenvalue weighted by molar-refractivity contribution is 0.0743. The van der Waals surface area contributed by atoms with Crippen molar-refractivity contribution in [2.75, 3.05) is 38.2 Å². The predicted molar refractivity (Wildman–Crippen MR) is 92.6 cm³/mol. The van der Waals surface area contributed by atoms with Crippen LogP contribution in [-0.4, -0.2) is 44.1 Å². The largest absolute Gasteiger partial charge is 0.496 e. The first-order valence-electron chi connectivity index (χ1n) is 7.62. The van der Waals surface area contributed by atoms with E-state index >= 15 is 0 Å². The third-order valence-corrected chi connectivity index (χ3v) is 4.32. The zero-order valence-electron chi connectivity index (χ0n) is 13.0. The fourth-order valence-corrected chi connectivity index (χ4v) is 2.98. The van der Waals surface area contributed by atoms with Crippen LogP contribution < -0.4 is 9.64 Å². The van der Waals surface area contributed by atoms with Crippen LogP contribution in [0.25, 0.3) is 0 Å². The van der Waals surface area contributed by atoms with E-state index in [-0.39, 0.29) is 5.91 Å². The number of halogens is 1. The predicted octanol–water partition coefficient (Wildman–Crippen LogP) is 3.31. The molecule has 1 saturated heterocycles. The van der Waals surface area contributed by atoms with E-state index in [0.29, 0.717) is 29.4 Å². The van der Waals surface area contributed by atoms with Crippen molar-refractivity contribution in [3.63, 3.8) is 0 Å². The van der Waals surface area contributed by atoms with Gasteiger partial charge in [0, 0.05) is 36.9 Å². The molecule has 4 nitrogen and oxygen atoms in total. The number of hydrogen-bond acceptors (Lipinski definition) is 3. The lowest BCUT2D eigenvalue weighted by atomic mass is 10.1. The Hall–Kier alpha value is -2.20. The number of rotatable bonds is 3. The fourth-order valence-electron chi connectivity index (χ4n) is 2.82. The van der Waals surface area contributed by atoms with Gasteiger partial charge in [-0.15, -0.1) is 0 Å². The van der Waals surface area contributed by atoms with Gasteiger partial charge in [-0.05, 0) is 30.3 Å². The molecule has 0 radical (unpaired) electrons. The number of benzene rings is 2. The standard InChI is InChI=1S/C18H19ClN2O2/c1-23-17-13-14(19)7-8-16(17)18(22)21-11-9-20(10-12-21)15-5-3-2-4-6-15/h2-8,13H,9-12H2,1H3. The van der Waals surface area contributed by atoms with Crippen LogP contribution in [0.1, 0.15) is 10.4 Å². The van der Waals surface area contributed by atoms with Crippen molar-refractivity contribution < 1.29 is 9.53 Å². The van der Waals surface area contributed by atoms with Crippen molar-refractivity contribution in [1.82, 2.24) is 4.90 Å². The lowest BCUT2D eigenvalue weighted by Gasteiger charge is -2.36. The van der Waals surface area contributed by atoms with Gasteiger partial charge in [0.05, 0.1) is 12.7 Å². The number of nitrogens with zero attached hydrogens (tertiary/aromatic N) is 2. The highest BCUT2D eigenvalue weighted by molar-refractivity contribution is 6.30. The molecular formula is C18H19ClN2O2. The summed E-state index contributed by atoms with van der Waals surface area (Å²) in [5.74, 6) is 0.513. The molecule has 1 heterocycles. The zero-order valence-corrected chi connectivity index (χ0v) is 13.8. The topological polar surface area (TPSA) is 32.8 Å². The Kier molecular flexibility index (Phi) is 4.72. The third kappa shape index (κ3) is 3.42. The normalized spacial score (nSPS) is 14.7. The Morgan fingerprint density at radius 1 is 1.04 bits per heavy atom. The van der Waals surface area contributed by atoms with E-state index < -0.39 is 0 Å². The lowest BCUT2D eigenvalue weighted by Crippen LogP contribution is -2.48. The van der Waals surface area contributed by atoms with Gasteiger partial charge in [0.25, 0.3) is 5.91 Å². The number of methoxy groups -OCH3 is 1. The minimum Gasteiger partial charge on any atom is -0.496 e. The summed E-state index contributed by atoms with van der Waals surface area (Å²) in [6, 6.07) is 15.4. The van der Waals surface area contributed by atoms with Crippen molar-refractivity contribution in [1.29, 1.82) is 0 Å². The summed E-state index contributed by atoms with van der Waals surface area (Å²) in [7, 11) is 1.55. The number of amides is 1. The van der Waals surface area contributed by atoms with Gasteiger partial charge in [-0.1, -0.05) is 29.8 Å². The highest BCUT2D eigenvalue weighted by atomic mass is 35.5. The summed E-state index contributed by atoms with van der Waals surface area (Å²) in [6.07, 6.45) is 0. The zero-order chi connectivity index (χ0) is 16.2. The molecule has 1 aliphatic heterocycles. The van der Waals surface area contributed by atoms with Gasteiger partial charge in [-0.3, -0.25) is 4.79 Å². The van der Waals surface area contributed by atoms with Gasteiger partial charge in [0.15, 0.2) is 0 Å². The van der Waals surface area contributed by atoms with Gasteiger partial charge in [-0.25, -0.2) is 0 Å². The Morgan fingerprint density at radius 2 is 1.74 bits per heavy atom. The summed E-state index contributed by atoms with van der Waals surface area (Å²) in [6.45, 7) is 3.04. The van der Waals surface area contributed by atoms with E-state index in [0.717, 1.165) is 13.1 Å². The average Bonchev–Trinajstić information content (AvgIpc) is 2.62. The Morgan fingerprint density at radius 3 is 2.39 bits per heavy atom. The highest BCUT2D eigenvalue weighted by Gasteiger charge is 2.24. The number of anilines is 1. The molecule has 1 fully saturated rings. The van der Waals surface area contributed by atoms with Crippen molar-refractivity contribution in [3.8, 4) is 5.75 Å². The molecule has 5 heteroatoms. The monoisotopic (exact) mass is 330 g/mol. The van der Waals surface area contributed by atoms with E-state index in [4.69, 9.17) is 16.3 Å². The number of carbonyl (C=O) groups is 1. The summed E-state index contributed by atoms with van der Waals surface area (Å²) in [4.78, 5) is 16.9. The highest BCUT2D eigenvalue weighted by Crippen LogP contribution is 2.25. The molecule has 0 spiro atoms. The van der Waals surface area contributed by atoms with Crippen molar-refractivity contribution >= 4 is 23.2 Å². The second kappa shape index (κ2) is 6.92. The molecule has 0 N–H and O–H groups in total. The molecule has 3 rings (SSSR count). The van der Waals surface area contributed by atoms with Crippen molar-refractivity contribution in [3.05, 3.63) is 59.1 Å². The first kappa shape index (κ1) is 15.7. The molecular weight excluding hydrogens is 312 g/mol. The van der Waals surface area contributed by atoms with Crippen LogP contribution in [0.15, 0.2) is 48.5 Å². The van der Waals surface area contributed by atoms with Crippen LogP contribution >= 0.6 is 11.6 Å². The molecule has 0 bridgehead atoms. The second-order valence-electron chi connectivity index (χ2n) is 5.46. The van der Waals surface area contributed by atoms with Crippen molar-refractivity contribution in [2.45, 2.75) is 0 Å². The number of piperazine rings is 1. The number of carbonyl (C=O) groups excluding carboxylic acids is 1. The third-order valence-electron chi connectivity index (χ3n) is 4.08. The maximum Gasteiger partial charge on any atom is 0.257 e. The summed E-state index contributed by atoms with van der Waals surface area (Å²) < 4.78 is 5.29. The van der Waals surface area contributed by atoms with Crippen LogP contribution in [0.4, 0.5) is 5.69 Å². The maximum atomic E-state index is 12.7. The maximum absolute atomic E-state index is 12.7. The Labute approximate surface area is 141 Å². The van der Waals surface area contributed by atoms with Crippen LogP contribution in [-0.2, 0) is 0 Å². The van der Waals surface area contributed by atoms with Crippen LogP contribution in [0, 0.1) is 0 Å². The number of ether oxygens (including phenoxy) is 1. The van der Waals surface area contributed by atoms with E-state index in [9.17, 15) is 4.79 Å². The van der Waals surface area contributed by atoms with Crippen LogP contribution in [0.3, 0.4) is 0 Å². The Balaban J connectivity index is 1.69. The molecule has 0 saturated carbocycles. The van der Waals surface area contributed by atoms with Crippen LogP contribution in [0.5, 0.6) is 5.75 Å². The van der Waals surface area contributed by atoms with Gasteiger partial charge >= 0.3 is 0 Å². The van der Waals surface area contributed by atoms with Gasteiger partial charge in [-0.2, -0.15) is 0 Å². The van der Waals surface area contributed by atoms with E-state index in [1.165, 1.54) is 5.69 Å². The van der Waals surface area contributed by atoms with Crippen LogP contribution in [0.2, 0.25) is 5.02 Å². The molecule has 0 unspecified atom stereocenters. The van der Waals surface area contributed by atoms with Gasteiger partial charge < -0.3 is 14.5 Å². The summed E-state index contributed by atoms with van der Waals surface area (Å²) >= 11 is 5.96.